The standard InChI is InChI=1S/C24H22ClN3O4/c1-2-28-23(30)18(22(29)26-24(28)31)14-16-15-27(20-10-5-3-8-17(16)20)12-7-13-32-21-11-6-4-9-19(21)25/h3-6,8-11,14-15H,2,7,12-13H2,1H3,(H,26,29,31). The molecule has 7 nitrogen and oxygen atoms in total. The lowest BCUT2D eigenvalue weighted by Crippen LogP contribution is -2.53. The number of hydrogen-bond acceptors (Lipinski definition) is 4. The molecular weight excluding hydrogens is 430 g/mol. The van der Waals surface area contributed by atoms with Crippen LogP contribution in [0.2, 0.25) is 5.02 Å². The third-order valence-corrected chi connectivity index (χ3v) is 5.57. The number of para-hydroxylation sites is 2. The minimum atomic E-state index is -0.694. The fourth-order valence-corrected chi connectivity index (χ4v) is 3.88. The topological polar surface area (TPSA) is 80.6 Å². The van der Waals surface area contributed by atoms with E-state index in [0.29, 0.717) is 23.9 Å². The molecule has 164 valence electrons. The number of nitrogens with one attached hydrogen (secondary N) is 1. The molecule has 0 radical (unpaired) electrons. The molecule has 2 aromatic carbocycles. The van der Waals surface area contributed by atoms with Gasteiger partial charge in [-0.1, -0.05) is 41.9 Å². The van der Waals surface area contributed by atoms with Crippen LogP contribution in [-0.2, 0) is 16.1 Å². The van der Waals surface area contributed by atoms with Gasteiger partial charge in [0.1, 0.15) is 11.3 Å². The summed E-state index contributed by atoms with van der Waals surface area (Å²) >= 11 is 6.13. The number of imide groups is 2. The monoisotopic (exact) mass is 451 g/mol. The Morgan fingerprint density at radius 1 is 1.06 bits per heavy atom. The van der Waals surface area contributed by atoms with Gasteiger partial charge in [0, 0.05) is 35.8 Å². The SMILES string of the molecule is CCN1C(=O)NC(=O)C(=Cc2cn(CCCOc3ccccc3Cl)c3ccccc23)C1=O. The van der Waals surface area contributed by atoms with Crippen LogP contribution in [0, 0.1) is 0 Å². The summed E-state index contributed by atoms with van der Waals surface area (Å²) in [5.74, 6) is -0.630. The smallest absolute Gasteiger partial charge is 0.331 e. The van der Waals surface area contributed by atoms with Gasteiger partial charge in [-0.2, -0.15) is 0 Å². The second-order valence-electron chi connectivity index (χ2n) is 7.29. The molecule has 1 saturated heterocycles. The number of aryl methyl sites for hydroxylation is 1. The van der Waals surface area contributed by atoms with Crippen molar-refractivity contribution < 1.29 is 19.1 Å². The number of urea groups is 1. The average Bonchev–Trinajstić information content (AvgIpc) is 3.13. The van der Waals surface area contributed by atoms with Gasteiger partial charge >= 0.3 is 6.03 Å². The largest absolute Gasteiger partial charge is 0.492 e. The summed E-state index contributed by atoms with van der Waals surface area (Å²) in [6.45, 7) is 3.03. The molecule has 1 N–H and O–H groups in total. The number of carbonyl (C=O) groups is 3. The van der Waals surface area contributed by atoms with E-state index in [4.69, 9.17) is 16.3 Å². The highest BCUT2D eigenvalue weighted by molar-refractivity contribution is 6.32. The zero-order valence-corrected chi connectivity index (χ0v) is 18.3. The lowest BCUT2D eigenvalue weighted by Gasteiger charge is -2.24. The molecule has 1 aromatic heterocycles. The third-order valence-electron chi connectivity index (χ3n) is 5.26. The molecule has 0 aliphatic carbocycles. The van der Waals surface area contributed by atoms with Crippen molar-refractivity contribution in [2.45, 2.75) is 19.9 Å². The Kier molecular flexibility index (Phi) is 6.28. The van der Waals surface area contributed by atoms with Crippen molar-refractivity contribution >= 4 is 46.4 Å². The van der Waals surface area contributed by atoms with Crippen molar-refractivity contribution in [2.75, 3.05) is 13.2 Å². The molecule has 1 aliphatic rings. The number of amides is 4. The first-order valence-corrected chi connectivity index (χ1v) is 10.7. The maximum atomic E-state index is 12.6. The van der Waals surface area contributed by atoms with Gasteiger partial charge in [0.25, 0.3) is 11.8 Å². The van der Waals surface area contributed by atoms with Crippen LogP contribution < -0.4 is 10.1 Å². The van der Waals surface area contributed by atoms with E-state index in [1.165, 1.54) is 0 Å². The maximum absolute atomic E-state index is 12.6. The molecule has 1 fully saturated rings. The van der Waals surface area contributed by atoms with Crippen molar-refractivity contribution in [1.82, 2.24) is 14.8 Å². The number of hydrogen-bond donors (Lipinski definition) is 1. The molecule has 3 aromatic rings. The van der Waals surface area contributed by atoms with Crippen molar-refractivity contribution in [1.29, 1.82) is 0 Å². The highest BCUT2D eigenvalue weighted by atomic mass is 35.5. The number of fused-ring (bicyclic) bond motifs is 1. The van der Waals surface area contributed by atoms with E-state index in [1.807, 2.05) is 48.7 Å². The van der Waals surface area contributed by atoms with Crippen LogP contribution in [0.25, 0.3) is 17.0 Å². The van der Waals surface area contributed by atoms with E-state index in [1.54, 1.807) is 19.1 Å². The fourth-order valence-electron chi connectivity index (χ4n) is 3.69. The lowest BCUT2D eigenvalue weighted by atomic mass is 10.1. The Balaban J connectivity index is 1.56. The van der Waals surface area contributed by atoms with Crippen molar-refractivity contribution in [3.8, 4) is 5.75 Å². The molecule has 8 heteroatoms. The average molecular weight is 452 g/mol. The number of benzene rings is 2. The summed E-state index contributed by atoms with van der Waals surface area (Å²) in [7, 11) is 0. The quantitative estimate of drug-likeness (QED) is 0.331. The zero-order valence-electron chi connectivity index (χ0n) is 17.5. The van der Waals surface area contributed by atoms with E-state index < -0.39 is 17.8 Å². The highest BCUT2D eigenvalue weighted by Gasteiger charge is 2.34. The molecule has 4 amide bonds. The van der Waals surface area contributed by atoms with Crippen LogP contribution in [0.1, 0.15) is 18.9 Å². The minimum Gasteiger partial charge on any atom is -0.492 e. The predicted molar refractivity (Wildman–Crippen MR) is 122 cm³/mol. The predicted octanol–water partition coefficient (Wildman–Crippen LogP) is 4.25. The molecule has 0 unspecified atom stereocenters. The summed E-state index contributed by atoms with van der Waals surface area (Å²) < 4.78 is 7.83. The molecule has 1 aliphatic heterocycles. The summed E-state index contributed by atoms with van der Waals surface area (Å²) in [6.07, 6.45) is 4.18. The van der Waals surface area contributed by atoms with Gasteiger partial charge < -0.3 is 9.30 Å². The van der Waals surface area contributed by atoms with Crippen LogP contribution in [0.15, 0.2) is 60.3 Å². The second-order valence-corrected chi connectivity index (χ2v) is 7.70. The maximum Gasteiger partial charge on any atom is 0.331 e. The summed E-state index contributed by atoms with van der Waals surface area (Å²) in [6, 6.07) is 14.4. The molecule has 2 heterocycles. The van der Waals surface area contributed by atoms with E-state index in [2.05, 4.69) is 9.88 Å². The molecular formula is C24H22ClN3O4. The normalized spacial score (nSPS) is 15.5. The van der Waals surface area contributed by atoms with Gasteiger partial charge in [0.15, 0.2) is 0 Å². The van der Waals surface area contributed by atoms with Crippen molar-refractivity contribution in [2.24, 2.45) is 0 Å². The third kappa shape index (κ3) is 4.24. The number of nitrogens with zero attached hydrogens (tertiary/aromatic N) is 2. The Morgan fingerprint density at radius 3 is 2.59 bits per heavy atom. The first kappa shape index (κ1) is 21.6. The van der Waals surface area contributed by atoms with Gasteiger partial charge in [-0.3, -0.25) is 19.8 Å². The molecule has 0 spiro atoms. The molecule has 32 heavy (non-hydrogen) atoms. The molecule has 0 saturated carbocycles. The highest BCUT2D eigenvalue weighted by Crippen LogP contribution is 2.26. The molecule has 0 atom stereocenters. The summed E-state index contributed by atoms with van der Waals surface area (Å²) in [5.41, 5.74) is 1.65. The second kappa shape index (κ2) is 9.28. The van der Waals surface area contributed by atoms with Gasteiger partial charge in [0.2, 0.25) is 0 Å². The number of ether oxygens (including phenoxy) is 1. The number of rotatable bonds is 7. The summed E-state index contributed by atoms with van der Waals surface area (Å²) in [5, 5.41) is 3.70. The number of aromatic nitrogens is 1. The van der Waals surface area contributed by atoms with Gasteiger partial charge in [0.05, 0.1) is 11.6 Å². The Hall–Kier alpha value is -3.58. The number of barbiturate groups is 1. The Bertz CT molecular complexity index is 1230. The van der Waals surface area contributed by atoms with Crippen LogP contribution in [-0.4, -0.2) is 40.5 Å². The van der Waals surface area contributed by atoms with E-state index >= 15 is 0 Å². The molecule has 0 bridgehead atoms. The number of likely N-dealkylation sites (N-methyl/N-ethyl adjacent to an activating group) is 1. The van der Waals surface area contributed by atoms with Gasteiger partial charge in [-0.05, 0) is 37.6 Å². The number of halogens is 1. The van der Waals surface area contributed by atoms with Crippen molar-refractivity contribution in [3.63, 3.8) is 0 Å². The van der Waals surface area contributed by atoms with E-state index in [-0.39, 0.29) is 12.1 Å². The van der Waals surface area contributed by atoms with E-state index in [9.17, 15) is 14.4 Å². The minimum absolute atomic E-state index is 0.0589. The number of carbonyl (C=O) groups excluding carboxylic acids is 3. The van der Waals surface area contributed by atoms with Crippen LogP contribution >= 0.6 is 11.6 Å². The first-order chi connectivity index (χ1) is 15.5. The van der Waals surface area contributed by atoms with Crippen LogP contribution in [0.4, 0.5) is 4.79 Å². The van der Waals surface area contributed by atoms with Crippen LogP contribution in [0.3, 0.4) is 0 Å². The Labute approximate surface area is 190 Å². The van der Waals surface area contributed by atoms with Gasteiger partial charge in [-0.15, -0.1) is 0 Å². The van der Waals surface area contributed by atoms with Crippen molar-refractivity contribution in [3.05, 3.63) is 70.9 Å². The zero-order chi connectivity index (χ0) is 22.7. The van der Waals surface area contributed by atoms with Crippen LogP contribution in [0.5, 0.6) is 5.75 Å². The summed E-state index contributed by atoms with van der Waals surface area (Å²) in [4.78, 5) is 37.8. The molecule has 4 rings (SSSR count). The van der Waals surface area contributed by atoms with E-state index in [0.717, 1.165) is 27.8 Å². The first-order valence-electron chi connectivity index (χ1n) is 10.3. The fraction of sp³-hybridized carbons (Fsp3) is 0.208. The van der Waals surface area contributed by atoms with Gasteiger partial charge in [-0.25, -0.2) is 4.79 Å². The Morgan fingerprint density at radius 2 is 1.81 bits per heavy atom. The lowest BCUT2D eigenvalue weighted by molar-refractivity contribution is -0.129.